The molecule has 20 heavy (non-hydrogen) atoms. The lowest BCUT2D eigenvalue weighted by molar-refractivity contribution is -0.141. The molecule has 3 aliphatic rings. The molecule has 0 spiro atoms. The molecule has 3 heteroatoms. The number of nitrogens with zero attached hydrogens (tertiary/aromatic N) is 1. The van der Waals surface area contributed by atoms with E-state index in [2.05, 4.69) is 26.0 Å². The molecule has 1 aliphatic heterocycles. The average Bonchev–Trinajstić information content (AvgIpc) is 3.09. The Morgan fingerprint density at radius 1 is 1.15 bits per heavy atom. The summed E-state index contributed by atoms with van der Waals surface area (Å²) in [5.74, 6) is 1.27. The van der Waals surface area contributed by atoms with E-state index in [-0.39, 0.29) is 23.7 Å². The second-order valence-electron chi connectivity index (χ2n) is 6.89. The van der Waals surface area contributed by atoms with Crippen LogP contribution < -0.4 is 0 Å². The highest BCUT2D eigenvalue weighted by Crippen LogP contribution is 2.52. The van der Waals surface area contributed by atoms with E-state index in [0.717, 1.165) is 12.8 Å². The first-order chi connectivity index (χ1) is 9.63. The maximum absolute atomic E-state index is 12.5. The van der Waals surface area contributed by atoms with Crippen LogP contribution in [-0.4, -0.2) is 23.3 Å². The van der Waals surface area contributed by atoms with E-state index in [1.54, 1.807) is 4.90 Å². The molecule has 1 saturated heterocycles. The van der Waals surface area contributed by atoms with Crippen LogP contribution in [0.3, 0.4) is 0 Å². The number of carbonyl (C=O) groups is 2. The lowest BCUT2D eigenvalue weighted by Crippen LogP contribution is -2.36. The third kappa shape index (κ3) is 2.11. The van der Waals surface area contributed by atoms with E-state index in [1.807, 2.05) is 0 Å². The van der Waals surface area contributed by atoms with Crippen molar-refractivity contribution < 1.29 is 9.59 Å². The van der Waals surface area contributed by atoms with Crippen LogP contribution >= 0.6 is 0 Å². The van der Waals surface area contributed by atoms with Crippen molar-refractivity contribution in [3.63, 3.8) is 0 Å². The van der Waals surface area contributed by atoms with Gasteiger partial charge >= 0.3 is 0 Å². The van der Waals surface area contributed by atoms with Crippen molar-refractivity contribution in [2.45, 2.75) is 46.0 Å². The van der Waals surface area contributed by atoms with Gasteiger partial charge in [0.1, 0.15) is 0 Å². The summed E-state index contributed by atoms with van der Waals surface area (Å²) >= 11 is 0. The number of rotatable bonds is 6. The highest BCUT2D eigenvalue weighted by atomic mass is 16.2. The molecule has 0 aromatic carbocycles. The fourth-order valence-electron chi connectivity index (χ4n) is 4.29. The molecule has 3 nitrogen and oxygen atoms in total. The summed E-state index contributed by atoms with van der Waals surface area (Å²) < 4.78 is 0. The Morgan fingerprint density at radius 2 is 1.75 bits per heavy atom. The SMILES string of the molecule is CCCCCC(C)CN1C(=O)C2C3C=CC(C3)C2C1=O. The molecule has 2 fully saturated rings. The van der Waals surface area contributed by atoms with Gasteiger partial charge in [0.05, 0.1) is 11.8 Å². The first kappa shape index (κ1) is 13.8. The molecule has 0 N–H and O–H groups in total. The van der Waals surface area contributed by atoms with Gasteiger partial charge in [-0.05, 0) is 30.6 Å². The maximum Gasteiger partial charge on any atom is 0.233 e. The Bertz CT molecular complexity index is 412. The number of hydrogen-bond acceptors (Lipinski definition) is 2. The first-order valence-electron chi connectivity index (χ1n) is 8.17. The molecule has 2 amide bonds. The van der Waals surface area contributed by atoms with Gasteiger partial charge < -0.3 is 0 Å². The van der Waals surface area contributed by atoms with Crippen molar-refractivity contribution in [3.8, 4) is 0 Å². The zero-order valence-corrected chi connectivity index (χ0v) is 12.5. The number of hydrogen-bond donors (Lipinski definition) is 0. The molecule has 2 bridgehead atoms. The van der Waals surface area contributed by atoms with Gasteiger partial charge in [0.2, 0.25) is 11.8 Å². The van der Waals surface area contributed by atoms with E-state index in [9.17, 15) is 9.59 Å². The second kappa shape index (κ2) is 5.34. The first-order valence-corrected chi connectivity index (χ1v) is 8.17. The van der Waals surface area contributed by atoms with Crippen LogP contribution in [0.5, 0.6) is 0 Å². The van der Waals surface area contributed by atoms with Crippen LogP contribution in [0.2, 0.25) is 0 Å². The quantitative estimate of drug-likeness (QED) is 0.424. The van der Waals surface area contributed by atoms with E-state index in [1.165, 1.54) is 19.3 Å². The number of allylic oxidation sites excluding steroid dienone is 2. The predicted octanol–water partition coefficient (Wildman–Crippen LogP) is 3.01. The molecule has 0 radical (unpaired) electrons. The zero-order chi connectivity index (χ0) is 14.3. The molecule has 1 heterocycles. The monoisotopic (exact) mass is 275 g/mol. The van der Waals surface area contributed by atoms with Crippen molar-refractivity contribution in [1.29, 1.82) is 0 Å². The van der Waals surface area contributed by atoms with E-state index in [0.29, 0.717) is 24.3 Å². The summed E-state index contributed by atoms with van der Waals surface area (Å²) in [5.41, 5.74) is 0. The summed E-state index contributed by atoms with van der Waals surface area (Å²) in [6.07, 6.45) is 10.1. The standard InChI is InChI=1S/C17H25NO2/c1-3-4-5-6-11(2)10-18-16(19)14-12-7-8-13(9-12)15(14)17(18)20/h7-8,11-15H,3-6,9-10H2,1-2H3. The van der Waals surface area contributed by atoms with Crippen molar-refractivity contribution in [1.82, 2.24) is 4.90 Å². The summed E-state index contributed by atoms with van der Waals surface area (Å²) in [7, 11) is 0. The maximum atomic E-state index is 12.5. The Labute approximate surface area is 121 Å². The molecule has 1 saturated carbocycles. The summed E-state index contributed by atoms with van der Waals surface area (Å²) in [5, 5.41) is 0. The van der Waals surface area contributed by atoms with Crippen LogP contribution in [-0.2, 0) is 9.59 Å². The lowest BCUT2D eigenvalue weighted by Gasteiger charge is -2.21. The van der Waals surface area contributed by atoms with Gasteiger partial charge in [0.15, 0.2) is 0 Å². The van der Waals surface area contributed by atoms with Crippen LogP contribution in [0.1, 0.15) is 46.0 Å². The third-order valence-corrected chi connectivity index (χ3v) is 5.36. The van der Waals surface area contributed by atoms with Crippen LogP contribution in [0.4, 0.5) is 0 Å². The van der Waals surface area contributed by atoms with Gasteiger partial charge in [0.25, 0.3) is 0 Å². The molecule has 2 aliphatic carbocycles. The minimum Gasteiger partial charge on any atom is -0.282 e. The van der Waals surface area contributed by atoms with Gasteiger partial charge in [-0.15, -0.1) is 0 Å². The van der Waals surface area contributed by atoms with Crippen LogP contribution in [0, 0.1) is 29.6 Å². The Hall–Kier alpha value is -1.12. The highest BCUT2D eigenvalue weighted by molar-refractivity contribution is 6.06. The molecule has 0 aromatic rings. The highest BCUT2D eigenvalue weighted by Gasteiger charge is 2.59. The van der Waals surface area contributed by atoms with Gasteiger partial charge in [-0.1, -0.05) is 45.3 Å². The second-order valence-corrected chi connectivity index (χ2v) is 6.89. The number of unbranched alkanes of at least 4 members (excludes halogenated alkanes) is 2. The van der Waals surface area contributed by atoms with Gasteiger partial charge in [0, 0.05) is 6.54 Å². The summed E-state index contributed by atoms with van der Waals surface area (Å²) in [6, 6.07) is 0. The summed E-state index contributed by atoms with van der Waals surface area (Å²) in [6.45, 7) is 4.99. The molecule has 5 unspecified atom stereocenters. The smallest absolute Gasteiger partial charge is 0.233 e. The number of fused-ring (bicyclic) bond motifs is 5. The van der Waals surface area contributed by atoms with E-state index < -0.39 is 0 Å². The van der Waals surface area contributed by atoms with E-state index in [4.69, 9.17) is 0 Å². The number of imide groups is 1. The van der Waals surface area contributed by atoms with Crippen LogP contribution in [0.25, 0.3) is 0 Å². The fraction of sp³-hybridized carbons (Fsp3) is 0.765. The molecule has 3 rings (SSSR count). The Balaban J connectivity index is 1.62. The minimum absolute atomic E-state index is 0.0275. The van der Waals surface area contributed by atoms with Gasteiger partial charge in [-0.2, -0.15) is 0 Å². The molecule has 110 valence electrons. The van der Waals surface area contributed by atoms with Crippen molar-refractivity contribution in [2.24, 2.45) is 29.6 Å². The van der Waals surface area contributed by atoms with Crippen molar-refractivity contribution >= 4 is 11.8 Å². The summed E-state index contributed by atoms with van der Waals surface area (Å²) in [4.78, 5) is 26.6. The van der Waals surface area contributed by atoms with Crippen molar-refractivity contribution in [3.05, 3.63) is 12.2 Å². The largest absolute Gasteiger partial charge is 0.282 e. The third-order valence-electron chi connectivity index (χ3n) is 5.36. The number of amides is 2. The molecule has 5 atom stereocenters. The minimum atomic E-state index is -0.0275. The average molecular weight is 275 g/mol. The van der Waals surface area contributed by atoms with Gasteiger partial charge in [-0.3, -0.25) is 14.5 Å². The molecular formula is C17H25NO2. The number of likely N-dealkylation sites (tertiary alicyclic amines) is 1. The predicted molar refractivity (Wildman–Crippen MR) is 77.7 cm³/mol. The van der Waals surface area contributed by atoms with Gasteiger partial charge in [-0.25, -0.2) is 0 Å². The topological polar surface area (TPSA) is 37.4 Å². The Kier molecular flexibility index (Phi) is 3.70. The molecule has 0 aromatic heterocycles. The van der Waals surface area contributed by atoms with Crippen LogP contribution in [0.15, 0.2) is 12.2 Å². The Morgan fingerprint density at radius 3 is 2.30 bits per heavy atom. The fourth-order valence-corrected chi connectivity index (χ4v) is 4.29. The zero-order valence-electron chi connectivity index (χ0n) is 12.5. The normalized spacial score (nSPS) is 36.0. The lowest BCUT2D eigenvalue weighted by atomic mass is 9.85. The van der Waals surface area contributed by atoms with Crippen molar-refractivity contribution in [2.75, 3.05) is 6.54 Å². The van der Waals surface area contributed by atoms with E-state index >= 15 is 0 Å². The number of carbonyl (C=O) groups excluding carboxylic acids is 2. The molecular weight excluding hydrogens is 250 g/mol.